The lowest BCUT2D eigenvalue weighted by atomic mass is 9.76. The van der Waals surface area contributed by atoms with Gasteiger partial charge in [-0.3, -0.25) is 4.79 Å². The number of thioether (sulfide) groups is 1. The molecule has 0 spiro atoms. The summed E-state index contributed by atoms with van der Waals surface area (Å²) in [6.45, 7) is 7.19. The van der Waals surface area contributed by atoms with Crippen molar-refractivity contribution in [2.24, 2.45) is 5.41 Å². The molecule has 0 bridgehead atoms. The minimum Gasteiger partial charge on any atom is -0.385 e. The van der Waals surface area contributed by atoms with Gasteiger partial charge in [-0.2, -0.15) is 0 Å². The first-order chi connectivity index (χ1) is 8.81. The SMILES string of the molecule is CCSC(=O)C(C)(C)C(C)(O)/C=C/c1ccccc1. The highest BCUT2D eigenvalue weighted by molar-refractivity contribution is 8.13. The van der Waals surface area contributed by atoms with Gasteiger partial charge in [-0.1, -0.05) is 61.2 Å². The molecule has 0 saturated heterocycles. The van der Waals surface area contributed by atoms with Crippen LogP contribution in [0.1, 0.15) is 33.3 Å². The number of carbonyl (C=O) groups excluding carboxylic acids is 1. The second-order valence-electron chi connectivity index (χ2n) is 5.24. The third kappa shape index (κ3) is 3.95. The fourth-order valence-electron chi connectivity index (χ4n) is 1.55. The van der Waals surface area contributed by atoms with E-state index in [9.17, 15) is 9.90 Å². The van der Waals surface area contributed by atoms with E-state index in [2.05, 4.69) is 0 Å². The smallest absolute Gasteiger partial charge is 0.197 e. The van der Waals surface area contributed by atoms with Crippen molar-refractivity contribution in [3.8, 4) is 0 Å². The highest BCUT2D eigenvalue weighted by atomic mass is 32.2. The molecule has 0 radical (unpaired) electrons. The highest BCUT2D eigenvalue weighted by Gasteiger charge is 2.43. The standard InChI is InChI=1S/C16H22O2S/c1-5-19-14(17)15(2,3)16(4,18)12-11-13-9-7-6-8-10-13/h6-12,18H,5H2,1-4H3/b12-11+. The minimum absolute atomic E-state index is 0.0118. The van der Waals surface area contributed by atoms with E-state index in [1.807, 2.05) is 43.3 Å². The van der Waals surface area contributed by atoms with E-state index >= 15 is 0 Å². The molecule has 1 aromatic carbocycles. The van der Waals surface area contributed by atoms with Crippen molar-refractivity contribution < 1.29 is 9.90 Å². The molecule has 19 heavy (non-hydrogen) atoms. The summed E-state index contributed by atoms with van der Waals surface area (Å²) >= 11 is 1.25. The highest BCUT2D eigenvalue weighted by Crippen LogP contribution is 2.37. The topological polar surface area (TPSA) is 37.3 Å². The van der Waals surface area contributed by atoms with Gasteiger partial charge in [-0.15, -0.1) is 0 Å². The zero-order valence-corrected chi connectivity index (χ0v) is 12.8. The molecule has 1 N–H and O–H groups in total. The second-order valence-corrected chi connectivity index (χ2v) is 6.47. The van der Waals surface area contributed by atoms with Crippen LogP contribution in [-0.2, 0) is 4.79 Å². The molecule has 3 heteroatoms. The Balaban J connectivity index is 2.91. The minimum atomic E-state index is -1.18. The Morgan fingerprint density at radius 1 is 1.26 bits per heavy atom. The van der Waals surface area contributed by atoms with Gasteiger partial charge in [0.05, 0.1) is 11.0 Å². The summed E-state index contributed by atoms with van der Waals surface area (Å²) in [7, 11) is 0. The largest absolute Gasteiger partial charge is 0.385 e. The van der Waals surface area contributed by atoms with Gasteiger partial charge in [0.15, 0.2) is 5.12 Å². The summed E-state index contributed by atoms with van der Waals surface area (Å²) in [6, 6.07) is 9.75. The quantitative estimate of drug-likeness (QED) is 0.891. The lowest BCUT2D eigenvalue weighted by Crippen LogP contribution is -2.44. The van der Waals surface area contributed by atoms with Crippen molar-refractivity contribution in [2.75, 3.05) is 5.75 Å². The average molecular weight is 278 g/mol. The molecule has 1 rings (SSSR count). The molecule has 2 nitrogen and oxygen atoms in total. The predicted octanol–water partition coefficient (Wildman–Crippen LogP) is 3.76. The summed E-state index contributed by atoms with van der Waals surface area (Å²) in [5, 5.41) is 10.6. The van der Waals surface area contributed by atoms with Crippen LogP contribution in [0.3, 0.4) is 0 Å². The van der Waals surface area contributed by atoms with Crippen LogP contribution in [0.4, 0.5) is 0 Å². The number of rotatable bonds is 5. The lowest BCUT2D eigenvalue weighted by molar-refractivity contribution is -0.127. The van der Waals surface area contributed by atoms with Crippen LogP contribution in [0, 0.1) is 5.41 Å². The fourth-order valence-corrected chi connectivity index (χ4v) is 2.38. The number of carbonyl (C=O) groups is 1. The Morgan fingerprint density at radius 2 is 1.84 bits per heavy atom. The summed E-state index contributed by atoms with van der Waals surface area (Å²) in [5.41, 5.74) is -0.990. The maximum atomic E-state index is 12.1. The number of benzene rings is 1. The molecule has 1 unspecified atom stereocenters. The predicted molar refractivity (Wildman–Crippen MR) is 83.0 cm³/mol. The Morgan fingerprint density at radius 3 is 2.37 bits per heavy atom. The van der Waals surface area contributed by atoms with Crippen molar-refractivity contribution in [3.05, 3.63) is 42.0 Å². The van der Waals surface area contributed by atoms with Gasteiger partial charge in [-0.05, 0) is 32.1 Å². The second kappa shape index (κ2) is 6.40. The summed E-state index contributed by atoms with van der Waals surface area (Å²) < 4.78 is 0. The molecular formula is C16H22O2S. The Kier molecular flexibility index (Phi) is 5.39. The van der Waals surface area contributed by atoms with E-state index in [0.29, 0.717) is 0 Å². The summed E-state index contributed by atoms with van der Waals surface area (Å²) in [5.74, 6) is 0.723. The molecule has 1 aromatic rings. The molecule has 0 heterocycles. The molecule has 0 aliphatic carbocycles. The molecule has 0 fully saturated rings. The summed E-state index contributed by atoms with van der Waals surface area (Å²) in [6.07, 6.45) is 3.56. The lowest BCUT2D eigenvalue weighted by Gasteiger charge is -2.36. The van der Waals surface area contributed by atoms with Crippen molar-refractivity contribution in [1.29, 1.82) is 0 Å². The van der Waals surface area contributed by atoms with E-state index in [0.717, 1.165) is 11.3 Å². The zero-order valence-electron chi connectivity index (χ0n) is 12.0. The van der Waals surface area contributed by atoms with Crippen LogP contribution >= 0.6 is 11.8 Å². The van der Waals surface area contributed by atoms with Gasteiger partial charge in [0.25, 0.3) is 0 Å². The van der Waals surface area contributed by atoms with Gasteiger partial charge in [-0.25, -0.2) is 0 Å². The van der Waals surface area contributed by atoms with E-state index in [1.54, 1.807) is 26.8 Å². The number of hydrogen-bond donors (Lipinski definition) is 1. The molecule has 104 valence electrons. The zero-order chi connectivity index (χ0) is 14.5. The Labute approximate surface area is 119 Å². The molecule has 0 aliphatic rings. The first-order valence-corrected chi connectivity index (χ1v) is 7.43. The van der Waals surface area contributed by atoms with Gasteiger partial charge >= 0.3 is 0 Å². The van der Waals surface area contributed by atoms with Crippen molar-refractivity contribution in [2.45, 2.75) is 33.3 Å². The van der Waals surface area contributed by atoms with E-state index in [4.69, 9.17) is 0 Å². The van der Waals surface area contributed by atoms with Gasteiger partial charge in [0, 0.05) is 0 Å². The number of aliphatic hydroxyl groups is 1. The number of hydrogen-bond acceptors (Lipinski definition) is 3. The monoisotopic (exact) mass is 278 g/mol. The van der Waals surface area contributed by atoms with Crippen molar-refractivity contribution in [3.63, 3.8) is 0 Å². The Bertz CT molecular complexity index is 447. The van der Waals surface area contributed by atoms with Gasteiger partial charge < -0.3 is 5.11 Å². The maximum Gasteiger partial charge on any atom is 0.197 e. The average Bonchev–Trinajstić information content (AvgIpc) is 2.38. The van der Waals surface area contributed by atoms with Crippen molar-refractivity contribution in [1.82, 2.24) is 0 Å². The van der Waals surface area contributed by atoms with Gasteiger partial charge in [0.1, 0.15) is 0 Å². The third-order valence-corrected chi connectivity index (χ3v) is 4.51. The van der Waals surface area contributed by atoms with Crippen LogP contribution in [0.25, 0.3) is 6.08 Å². The Hall–Kier alpha value is -1.06. The molecule has 1 atom stereocenters. The molecule has 0 amide bonds. The fraction of sp³-hybridized carbons (Fsp3) is 0.438. The van der Waals surface area contributed by atoms with E-state index < -0.39 is 11.0 Å². The molecule has 0 aromatic heterocycles. The van der Waals surface area contributed by atoms with E-state index in [1.165, 1.54) is 11.8 Å². The third-order valence-electron chi connectivity index (χ3n) is 3.45. The summed E-state index contributed by atoms with van der Waals surface area (Å²) in [4.78, 5) is 12.1. The van der Waals surface area contributed by atoms with Crippen LogP contribution in [0.5, 0.6) is 0 Å². The normalized spacial score (nSPS) is 15.4. The van der Waals surface area contributed by atoms with Crippen LogP contribution in [0.2, 0.25) is 0 Å². The van der Waals surface area contributed by atoms with Crippen LogP contribution in [0.15, 0.2) is 36.4 Å². The first-order valence-electron chi connectivity index (χ1n) is 6.45. The molecule has 0 saturated carbocycles. The molecule has 0 aliphatic heterocycles. The van der Waals surface area contributed by atoms with E-state index in [-0.39, 0.29) is 5.12 Å². The first kappa shape index (κ1) is 16.0. The molecular weight excluding hydrogens is 256 g/mol. The van der Waals surface area contributed by atoms with Gasteiger partial charge in [0.2, 0.25) is 0 Å². The van der Waals surface area contributed by atoms with Crippen molar-refractivity contribution >= 4 is 23.0 Å². The van der Waals surface area contributed by atoms with Crippen LogP contribution < -0.4 is 0 Å². The maximum absolute atomic E-state index is 12.1. The van der Waals surface area contributed by atoms with Crippen LogP contribution in [-0.4, -0.2) is 21.6 Å².